The highest BCUT2D eigenvalue weighted by atomic mass is 16.5. The van der Waals surface area contributed by atoms with Gasteiger partial charge in [-0.1, -0.05) is 18.2 Å². The first-order chi connectivity index (χ1) is 10.8. The van der Waals surface area contributed by atoms with Gasteiger partial charge in [-0.05, 0) is 29.8 Å². The Bertz CT molecular complexity index is 749. The smallest absolute Gasteiger partial charge is 0.161 e. The van der Waals surface area contributed by atoms with Gasteiger partial charge >= 0.3 is 0 Å². The summed E-state index contributed by atoms with van der Waals surface area (Å²) >= 11 is 0. The molecule has 0 radical (unpaired) electrons. The van der Waals surface area contributed by atoms with Crippen LogP contribution in [0.3, 0.4) is 0 Å². The first-order valence-electron chi connectivity index (χ1n) is 7.22. The average molecular weight is 298 g/mol. The van der Waals surface area contributed by atoms with E-state index >= 15 is 0 Å². The largest absolute Gasteiger partial charge is 0.493 e. The van der Waals surface area contributed by atoms with Crippen molar-refractivity contribution in [2.75, 3.05) is 20.8 Å². The second kappa shape index (κ2) is 6.07. The van der Waals surface area contributed by atoms with Crippen LogP contribution >= 0.6 is 0 Å². The number of nitrogens with zero attached hydrogens (tertiary/aromatic N) is 1. The van der Waals surface area contributed by atoms with Gasteiger partial charge in [0.15, 0.2) is 11.5 Å². The molecule has 0 unspecified atom stereocenters. The van der Waals surface area contributed by atoms with Gasteiger partial charge in [0.2, 0.25) is 0 Å². The van der Waals surface area contributed by atoms with Crippen LogP contribution in [0, 0.1) is 0 Å². The number of methoxy groups -OCH3 is 2. The minimum Gasteiger partial charge on any atom is -0.493 e. The normalized spacial score (nSPS) is 12.3. The lowest BCUT2D eigenvalue weighted by Crippen LogP contribution is -2.53. The number of nitrogens with one attached hydrogen (secondary N) is 1. The third-order valence-corrected chi connectivity index (χ3v) is 3.84. The number of ether oxygens (including phenoxy) is 2. The van der Waals surface area contributed by atoms with E-state index in [-0.39, 0.29) is 5.92 Å². The van der Waals surface area contributed by atoms with Crippen molar-refractivity contribution in [1.82, 2.24) is 9.97 Å². The summed E-state index contributed by atoms with van der Waals surface area (Å²) in [5.41, 5.74) is 7.19. The molecule has 4 N–H and O–H groups in total. The fraction of sp³-hybridized carbons (Fsp3) is 0.235. The van der Waals surface area contributed by atoms with E-state index in [0.29, 0.717) is 6.54 Å². The number of aromatic nitrogens is 2. The molecule has 1 aromatic heterocycles. The van der Waals surface area contributed by atoms with Crippen molar-refractivity contribution in [3.05, 3.63) is 53.9 Å². The summed E-state index contributed by atoms with van der Waals surface area (Å²) in [5, 5.41) is 0. The number of benzene rings is 2. The standard InChI is InChI=1S/C17H19N3O2/c1-21-15-8-7-11(9-16(15)22-2)12(10-18)17-19-13-5-3-4-6-14(13)20-17/h3-9,12H,10,18H2,1-2H3,(H,19,20)/p+1/t12-/m1/s1. The lowest BCUT2D eigenvalue weighted by atomic mass is 9.98. The summed E-state index contributed by atoms with van der Waals surface area (Å²) < 4.78 is 10.7. The van der Waals surface area contributed by atoms with Crippen molar-refractivity contribution in [2.24, 2.45) is 0 Å². The zero-order valence-corrected chi connectivity index (χ0v) is 12.8. The van der Waals surface area contributed by atoms with Gasteiger partial charge in [0.25, 0.3) is 0 Å². The van der Waals surface area contributed by atoms with E-state index in [0.717, 1.165) is 33.9 Å². The number of H-pyrrole nitrogens is 1. The molecule has 0 aliphatic carbocycles. The molecule has 0 amide bonds. The van der Waals surface area contributed by atoms with Crippen LogP contribution in [-0.2, 0) is 0 Å². The quantitative estimate of drug-likeness (QED) is 0.756. The number of hydrogen-bond donors (Lipinski definition) is 2. The Kier molecular flexibility index (Phi) is 3.98. The Balaban J connectivity index is 2.03. The highest BCUT2D eigenvalue weighted by molar-refractivity contribution is 5.75. The predicted octanol–water partition coefficient (Wildman–Crippen LogP) is 1.95. The summed E-state index contributed by atoms with van der Waals surface area (Å²) in [6.45, 7) is 0.704. The number of aromatic amines is 1. The van der Waals surface area contributed by atoms with Crippen LogP contribution in [0.5, 0.6) is 11.5 Å². The van der Waals surface area contributed by atoms with Crippen LogP contribution < -0.4 is 15.2 Å². The Morgan fingerprint density at radius 3 is 2.55 bits per heavy atom. The molecule has 5 nitrogen and oxygen atoms in total. The first-order valence-corrected chi connectivity index (χ1v) is 7.22. The fourth-order valence-corrected chi connectivity index (χ4v) is 2.67. The molecule has 0 aliphatic rings. The van der Waals surface area contributed by atoms with Gasteiger partial charge < -0.3 is 20.2 Å². The maximum Gasteiger partial charge on any atom is 0.161 e. The summed E-state index contributed by atoms with van der Waals surface area (Å²) in [7, 11) is 3.28. The molecule has 1 atom stereocenters. The lowest BCUT2D eigenvalue weighted by Gasteiger charge is -2.14. The van der Waals surface area contributed by atoms with E-state index in [2.05, 4.69) is 10.7 Å². The van der Waals surface area contributed by atoms with Crippen LogP contribution in [0.2, 0.25) is 0 Å². The van der Waals surface area contributed by atoms with Gasteiger partial charge in [0, 0.05) is 0 Å². The van der Waals surface area contributed by atoms with Crippen molar-refractivity contribution in [1.29, 1.82) is 0 Å². The SMILES string of the molecule is COc1ccc([C@@H](C[NH3+])c2nc3ccccc3[nH]2)cc1OC. The average Bonchev–Trinajstić information content (AvgIpc) is 2.98. The zero-order valence-electron chi connectivity index (χ0n) is 12.8. The highest BCUT2D eigenvalue weighted by Gasteiger charge is 2.20. The van der Waals surface area contributed by atoms with Gasteiger partial charge in [-0.2, -0.15) is 0 Å². The molecular formula is C17H20N3O2+. The summed E-state index contributed by atoms with van der Waals surface area (Å²) in [6.07, 6.45) is 0. The molecule has 2 aromatic carbocycles. The first kappa shape index (κ1) is 14.4. The van der Waals surface area contributed by atoms with E-state index in [1.54, 1.807) is 14.2 Å². The van der Waals surface area contributed by atoms with Gasteiger partial charge in [0.05, 0.1) is 37.7 Å². The van der Waals surface area contributed by atoms with Crippen molar-refractivity contribution in [3.8, 4) is 11.5 Å². The number of quaternary nitrogens is 1. The van der Waals surface area contributed by atoms with Crippen LogP contribution in [0.25, 0.3) is 11.0 Å². The minimum atomic E-state index is 0.0900. The van der Waals surface area contributed by atoms with Crippen LogP contribution in [0.4, 0.5) is 0 Å². The molecule has 0 saturated carbocycles. The van der Waals surface area contributed by atoms with Gasteiger partial charge in [-0.25, -0.2) is 4.98 Å². The maximum absolute atomic E-state index is 5.39. The Morgan fingerprint density at radius 1 is 1.09 bits per heavy atom. The van der Waals surface area contributed by atoms with Gasteiger partial charge in [0.1, 0.15) is 5.82 Å². The Labute approximate surface area is 129 Å². The molecule has 1 heterocycles. The molecule has 0 fully saturated rings. The topological polar surface area (TPSA) is 74.8 Å². The fourth-order valence-electron chi connectivity index (χ4n) is 2.67. The zero-order chi connectivity index (χ0) is 15.5. The molecule has 0 aliphatic heterocycles. The molecular weight excluding hydrogens is 278 g/mol. The molecule has 114 valence electrons. The van der Waals surface area contributed by atoms with E-state index in [4.69, 9.17) is 14.5 Å². The third kappa shape index (κ3) is 2.51. The maximum atomic E-state index is 5.39. The predicted molar refractivity (Wildman–Crippen MR) is 85.2 cm³/mol. The van der Waals surface area contributed by atoms with Crippen molar-refractivity contribution in [2.45, 2.75) is 5.92 Å². The van der Waals surface area contributed by atoms with Gasteiger partial charge in [-0.3, -0.25) is 0 Å². The Morgan fingerprint density at radius 2 is 1.86 bits per heavy atom. The third-order valence-electron chi connectivity index (χ3n) is 3.84. The molecule has 3 rings (SSSR count). The minimum absolute atomic E-state index is 0.0900. The second-order valence-electron chi connectivity index (χ2n) is 5.09. The van der Waals surface area contributed by atoms with E-state index in [1.807, 2.05) is 42.5 Å². The molecule has 5 heteroatoms. The Hall–Kier alpha value is -2.53. The molecule has 0 bridgehead atoms. The van der Waals surface area contributed by atoms with E-state index < -0.39 is 0 Å². The van der Waals surface area contributed by atoms with Crippen molar-refractivity contribution < 1.29 is 15.2 Å². The van der Waals surface area contributed by atoms with Crippen LogP contribution in [0.15, 0.2) is 42.5 Å². The molecule has 22 heavy (non-hydrogen) atoms. The number of imidazole rings is 1. The van der Waals surface area contributed by atoms with Gasteiger partial charge in [-0.15, -0.1) is 0 Å². The summed E-state index contributed by atoms with van der Waals surface area (Å²) in [6, 6.07) is 14.0. The molecule has 0 saturated heterocycles. The number of rotatable bonds is 5. The van der Waals surface area contributed by atoms with Crippen molar-refractivity contribution in [3.63, 3.8) is 0 Å². The monoisotopic (exact) mass is 298 g/mol. The van der Waals surface area contributed by atoms with Crippen molar-refractivity contribution >= 4 is 11.0 Å². The number of fused-ring (bicyclic) bond motifs is 1. The lowest BCUT2D eigenvalue weighted by molar-refractivity contribution is -0.370. The van der Waals surface area contributed by atoms with E-state index in [1.165, 1.54) is 0 Å². The van der Waals surface area contributed by atoms with Crippen LogP contribution in [0.1, 0.15) is 17.3 Å². The number of para-hydroxylation sites is 2. The highest BCUT2D eigenvalue weighted by Crippen LogP contribution is 2.32. The summed E-state index contributed by atoms with van der Waals surface area (Å²) in [5.74, 6) is 2.45. The summed E-state index contributed by atoms with van der Waals surface area (Å²) in [4.78, 5) is 8.08. The van der Waals surface area contributed by atoms with Crippen LogP contribution in [-0.4, -0.2) is 30.7 Å². The molecule has 3 aromatic rings. The number of hydrogen-bond acceptors (Lipinski definition) is 3. The second-order valence-corrected chi connectivity index (χ2v) is 5.09. The molecule has 0 spiro atoms. The van der Waals surface area contributed by atoms with E-state index in [9.17, 15) is 0 Å².